The molecule has 2 aromatic carbocycles. The third-order valence-corrected chi connectivity index (χ3v) is 3.91. The lowest BCUT2D eigenvalue weighted by molar-refractivity contribution is 0.102. The van der Waals surface area contributed by atoms with E-state index in [-0.39, 0.29) is 12.7 Å². The highest BCUT2D eigenvalue weighted by molar-refractivity contribution is 6.04. The first-order chi connectivity index (χ1) is 13.2. The van der Waals surface area contributed by atoms with Gasteiger partial charge in [0.25, 0.3) is 5.91 Å². The van der Waals surface area contributed by atoms with Gasteiger partial charge in [0.1, 0.15) is 0 Å². The number of hydrogen-bond acceptors (Lipinski definition) is 6. The Kier molecular flexibility index (Phi) is 4.49. The number of para-hydroxylation sites is 2. The van der Waals surface area contributed by atoms with Gasteiger partial charge in [-0.1, -0.05) is 12.1 Å². The molecule has 1 aliphatic heterocycles. The highest BCUT2D eigenvalue weighted by atomic mass is 16.7. The molecule has 3 aromatic rings. The molecule has 0 unspecified atom stereocenters. The lowest BCUT2D eigenvalue weighted by atomic mass is 10.2. The number of hydrogen-bond donors (Lipinski definition) is 1. The number of rotatable bonds is 5. The van der Waals surface area contributed by atoms with Crippen molar-refractivity contribution >= 4 is 11.6 Å². The summed E-state index contributed by atoms with van der Waals surface area (Å²) in [6.45, 7) is 0.165. The Balaban J connectivity index is 1.44. The van der Waals surface area contributed by atoms with Crippen LogP contribution in [0.2, 0.25) is 0 Å². The van der Waals surface area contributed by atoms with Crippen LogP contribution in [0.3, 0.4) is 0 Å². The molecule has 0 aliphatic carbocycles. The molecule has 7 heteroatoms. The van der Waals surface area contributed by atoms with E-state index >= 15 is 0 Å². The van der Waals surface area contributed by atoms with Gasteiger partial charge in [-0.15, -0.1) is 0 Å². The minimum absolute atomic E-state index is 0.165. The van der Waals surface area contributed by atoms with E-state index in [0.717, 1.165) is 0 Å². The van der Waals surface area contributed by atoms with Crippen LogP contribution < -0.4 is 24.3 Å². The summed E-state index contributed by atoms with van der Waals surface area (Å²) in [5.41, 5.74) is 1.01. The van der Waals surface area contributed by atoms with Crippen molar-refractivity contribution in [2.24, 2.45) is 0 Å². The Hall–Kier alpha value is -3.74. The second-order valence-electron chi connectivity index (χ2n) is 5.66. The third-order valence-electron chi connectivity index (χ3n) is 3.91. The first-order valence-electron chi connectivity index (χ1n) is 8.21. The number of methoxy groups -OCH3 is 1. The van der Waals surface area contributed by atoms with E-state index in [1.165, 1.54) is 6.20 Å². The molecule has 0 saturated heterocycles. The molecular weight excluding hydrogens is 348 g/mol. The molecule has 0 fully saturated rings. The standard InChI is InChI=1S/C20H16N2O5/c1-24-15-4-2-3-5-17(15)27-19-9-7-14(11-21-19)22-20(23)13-6-8-16-18(10-13)26-12-25-16/h2-11H,12H2,1H3,(H,22,23). The van der Waals surface area contributed by atoms with Crippen molar-refractivity contribution in [3.63, 3.8) is 0 Å². The summed E-state index contributed by atoms with van der Waals surface area (Å²) in [5, 5.41) is 2.78. The molecule has 2 heterocycles. The summed E-state index contributed by atoms with van der Waals surface area (Å²) in [7, 11) is 1.57. The highest BCUT2D eigenvalue weighted by Gasteiger charge is 2.16. The average molecular weight is 364 g/mol. The van der Waals surface area contributed by atoms with Gasteiger partial charge in [-0.25, -0.2) is 4.98 Å². The van der Waals surface area contributed by atoms with E-state index < -0.39 is 0 Å². The Bertz CT molecular complexity index is 972. The second-order valence-corrected chi connectivity index (χ2v) is 5.66. The number of anilines is 1. The van der Waals surface area contributed by atoms with Crippen molar-refractivity contribution in [3.05, 3.63) is 66.4 Å². The normalized spacial score (nSPS) is 11.7. The van der Waals surface area contributed by atoms with Gasteiger partial charge in [0.2, 0.25) is 12.7 Å². The van der Waals surface area contributed by atoms with E-state index in [0.29, 0.717) is 40.1 Å². The van der Waals surface area contributed by atoms with Crippen LogP contribution >= 0.6 is 0 Å². The third kappa shape index (κ3) is 3.62. The van der Waals surface area contributed by atoms with Gasteiger partial charge in [-0.05, 0) is 36.4 Å². The topological polar surface area (TPSA) is 78.9 Å². The van der Waals surface area contributed by atoms with E-state index in [2.05, 4.69) is 10.3 Å². The summed E-state index contributed by atoms with van der Waals surface area (Å²) in [6.07, 6.45) is 1.52. The Morgan fingerprint density at radius 2 is 1.85 bits per heavy atom. The summed E-state index contributed by atoms with van der Waals surface area (Å²) in [5.74, 6) is 2.48. The van der Waals surface area contributed by atoms with Gasteiger partial charge in [-0.2, -0.15) is 0 Å². The summed E-state index contributed by atoms with van der Waals surface area (Å²) >= 11 is 0. The van der Waals surface area contributed by atoms with Gasteiger partial charge in [0, 0.05) is 11.6 Å². The van der Waals surface area contributed by atoms with Crippen LogP contribution in [-0.2, 0) is 0 Å². The maximum Gasteiger partial charge on any atom is 0.255 e. The minimum Gasteiger partial charge on any atom is -0.493 e. The smallest absolute Gasteiger partial charge is 0.255 e. The fourth-order valence-corrected chi connectivity index (χ4v) is 2.57. The lowest BCUT2D eigenvalue weighted by Gasteiger charge is -2.10. The van der Waals surface area contributed by atoms with Crippen LogP contribution in [0.15, 0.2) is 60.8 Å². The molecule has 0 saturated carbocycles. The molecule has 1 N–H and O–H groups in total. The predicted molar refractivity (Wildman–Crippen MR) is 97.8 cm³/mol. The number of fused-ring (bicyclic) bond motifs is 1. The maximum atomic E-state index is 12.4. The monoisotopic (exact) mass is 364 g/mol. The molecule has 136 valence electrons. The number of carbonyl (C=O) groups is 1. The van der Waals surface area contributed by atoms with Crippen LogP contribution in [0.1, 0.15) is 10.4 Å². The van der Waals surface area contributed by atoms with Gasteiger partial charge in [-0.3, -0.25) is 4.79 Å². The van der Waals surface area contributed by atoms with E-state index in [4.69, 9.17) is 18.9 Å². The molecule has 4 rings (SSSR count). The Morgan fingerprint density at radius 1 is 1.04 bits per heavy atom. The number of benzene rings is 2. The van der Waals surface area contributed by atoms with Crippen molar-refractivity contribution in [2.45, 2.75) is 0 Å². The molecule has 1 amide bonds. The lowest BCUT2D eigenvalue weighted by Crippen LogP contribution is -2.11. The van der Waals surface area contributed by atoms with Crippen molar-refractivity contribution in [1.29, 1.82) is 0 Å². The van der Waals surface area contributed by atoms with Crippen LogP contribution in [0.4, 0.5) is 5.69 Å². The number of carbonyl (C=O) groups excluding carboxylic acids is 1. The quantitative estimate of drug-likeness (QED) is 0.741. The molecule has 0 radical (unpaired) electrons. The Labute approximate surface area is 155 Å². The van der Waals surface area contributed by atoms with Gasteiger partial charge in [0.05, 0.1) is 19.0 Å². The average Bonchev–Trinajstić information content (AvgIpc) is 3.17. The fourth-order valence-electron chi connectivity index (χ4n) is 2.57. The molecule has 1 aliphatic rings. The fraction of sp³-hybridized carbons (Fsp3) is 0.100. The van der Waals surface area contributed by atoms with Crippen LogP contribution in [-0.4, -0.2) is 24.8 Å². The van der Waals surface area contributed by atoms with Crippen molar-refractivity contribution in [2.75, 3.05) is 19.2 Å². The van der Waals surface area contributed by atoms with Gasteiger partial charge < -0.3 is 24.3 Å². The first-order valence-corrected chi connectivity index (χ1v) is 8.21. The second kappa shape index (κ2) is 7.25. The summed E-state index contributed by atoms with van der Waals surface area (Å²) in [6, 6.07) is 15.7. The zero-order chi connectivity index (χ0) is 18.6. The van der Waals surface area contributed by atoms with Gasteiger partial charge in [0.15, 0.2) is 23.0 Å². The highest BCUT2D eigenvalue weighted by Crippen LogP contribution is 2.33. The number of amides is 1. The maximum absolute atomic E-state index is 12.4. The SMILES string of the molecule is COc1ccccc1Oc1ccc(NC(=O)c2ccc3c(c2)OCO3)cn1. The summed E-state index contributed by atoms with van der Waals surface area (Å²) in [4.78, 5) is 16.6. The first kappa shape index (κ1) is 16.7. The zero-order valence-electron chi connectivity index (χ0n) is 14.5. The molecule has 1 aromatic heterocycles. The van der Waals surface area contributed by atoms with E-state index in [9.17, 15) is 4.79 Å². The Morgan fingerprint density at radius 3 is 2.63 bits per heavy atom. The largest absolute Gasteiger partial charge is 0.493 e. The number of pyridine rings is 1. The van der Waals surface area contributed by atoms with E-state index in [1.54, 1.807) is 49.6 Å². The molecular formula is C20H16N2O5. The van der Waals surface area contributed by atoms with Crippen LogP contribution in [0, 0.1) is 0 Å². The number of aromatic nitrogens is 1. The van der Waals surface area contributed by atoms with Crippen molar-refractivity contribution in [3.8, 4) is 28.9 Å². The number of ether oxygens (including phenoxy) is 4. The zero-order valence-corrected chi connectivity index (χ0v) is 14.5. The van der Waals surface area contributed by atoms with Crippen molar-refractivity contribution in [1.82, 2.24) is 4.98 Å². The summed E-state index contributed by atoms with van der Waals surface area (Å²) < 4.78 is 21.5. The van der Waals surface area contributed by atoms with Gasteiger partial charge >= 0.3 is 0 Å². The number of nitrogens with zero attached hydrogens (tertiary/aromatic N) is 1. The predicted octanol–water partition coefficient (Wildman–Crippen LogP) is 3.86. The molecule has 0 atom stereocenters. The van der Waals surface area contributed by atoms with Crippen LogP contribution in [0.25, 0.3) is 0 Å². The minimum atomic E-state index is -0.270. The van der Waals surface area contributed by atoms with Crippen molar-refractivity contribution < 1.29 is 23.7 Å². The number of nitrogens with one attached hydrogen (secondary N) is 1. The molecule has 27 heavy (non-hydrogen) atoms. The molecule has 0 spiro atoms. The van der Waals surface area contributed by atoms with E-state index in [1.807, 2.05) is 12.1 Å². The molecule has 7 nitrogen and oxygen atoms in total. The van der Waals surface area contributed by atoms with Crippen LogP contribution in [0.5, 0.6) is 28.9 Å². The molecule has 0 bridgehead atoms.